The molecule has 0 aliphatic heterocycles. The van der Waals surface area contributed by atoms with Crippen LogP contribution in [-0.2, 0) is 4.79 Å². The summed E-state index contributed by atoms with van der Waals surface area (Å²) in [6.07, 6.45) is 2.78. The SMILES string of the molecule is C=C(C=CC#[N+]CC)C(=O)O. The van der Waals surface area contributed by atoms with Gasteiger partial charge in [0.1, 0.15) is 0 Å². The largest absolute Gasteiger partial charge is 0.478 e. The van der Waals surface area contributed by atoms with E-state index in [1.54, 1.807) is 0 Å². The van der Waals surface area contributed by atoms with E-state index in [0.717, 1.165) is 0 Å². The predicted octanol–water partition coefficient (Wildman–Crippen LogP) is 1.54. The van der Waals surface area contributed by atoms with Gasteiger partial charge in [0, 0.05) is 6.92 Å². The fraction of sp³-hybridized carbons (Fsp3) is 0.250. The van der Waals surface area contributed by atoms with Crippen LogP contribution in [0, 0.1) is 6.07 Å². The van der Waals surface area contributed by atoms with Gasteiger partial charge in [0.05, 0.1) is 11.6 Å². The molecule has 0 fully saturated rings. The highest BCUT2D eigenvalue weighted by molar-refractivity contribution is 5.89. The molecule has 3 heteroatoms. The molecule has 1 N–H and O–H groups in total. The van der Waals surface area contributed by atoms with Crippen LogP contribution >= 0.6 is 0 Å². The van der Waals surface area contributed by atoms with Crippen molar-refractivity contribution in [1.82, 2.24) is 0 Å². The summed E-state index contributed by atoms with van der Waals surface area (Å²) >= 11 is 0. The van der Waals surface area contributed by atoms with Crippen LogP contribution in [0.3, 0.4) is 0 Å². The maximum Gasteiger partial charge on any atom is 0.335 e. The Kier molecular flexibility index (Phi) is 4.50. The van der Waals surface area contributed by atoms with Crippen molar-refractivity contribution in [1.29, 1.82) is 0 Å². The lowest BCUT2D eigenvalue weighted by atomic mass is 10.3. The first-order valence-electron chi connectivity index (χ1n) is 3.19. The van der Waals surface area contributed by atoms with Gasteiger partial charge in [0.2, 0.25) is 0 Å². The summed E-state index contributed by atoms with van der Waals surface area (Å²) in [5.74, 6) is -1.03. The van der Waals surface area contributed by atoms with E-state index in [1.807, 2.05) is 6.92 Å². The van der Waals surface area contributed by atoms with Gasteiger partial charge in [-0.2, -0.15) is 0 Å². The number of aliphatic carboxylic acids is 1. The zero-order valence-electron chi connectivity index (χ0n) is 6.37. The molecule has 0 atom stereocenters. The third kappa shape index (κ3) is 4.91. The van der Waals surface area contributed by atoms with Crippen LogP contribution in [0.4, 0.5) is 0 Å². The molecule has 0 saturated heterocycles. The average Bonchev–Trinajstić information content (AvgIpc) is 1.97. The average molecular weight is 152 g/mol. The molecule has 0 bridgehead atoms. The van der Waals surface area contributed by atoms with Crippen molar-refractivity contribution in [3.8, 4) is 6.07 Å². The Balaban J connectivity index is 3.94. The monoisotopic (exact) mass is 152 g/mol. The second kappa shape index (κ2) is 5.24. The second-order valence-electron chi connectivity index (χ2n) is 1.77. The lowest BCUT2D eigenvalue weighted by molar-refractivity contribution is -0.132. The molecule has 0 aliphatic carbocycles. The zero-order valence-corrected chi connectivity index (χ0v) is 6.37. The van der Waals surface area contributed by atoms with Gasteiger partial charge in [-0.05, 0) is 6.08 Å². The molecule has 0 aliphatic rings. The van der Waals surface area contributed by atoms with Crippen molar-refractivity contribution in [2.75, 3.05) is 6.54 Å². The summed E-state index contributed by atoms with van der Waals surface area (Å²) in [4.78, 5) is 13.9. The first kappa shape index (κ1) is 9.44. The van der Waals surface area contributed by atoms with Gasteiger partial charge in [-0.15, -0.1) is 0 Å². The van der Waals surface area contributed by atoms with Gasteiger partial charge in [-0.3, -0.25) is 0 Å². The smallest absolute Gasteiger partial charge is 0.335 e. The Labute approximate surface area is 65.5 Å². The Hall–Kier alpha value is -1.56. The molecule has 0 unspecified atom stereocenters. The Morgan fingerprint density at radius 2 is 2.45 bits per heavy atom. The van der Waals surface area contributed by atoms with E-state index >= 15 is 0 Å². The van der Waals surface area contributed by atoms with Crippen LogP contribution in [0.15, 0.2) is 24.3 Å². The minimum absolute atomic E-state index is 0.0313. The fourth-order valence-corrected chi connectivity index (χ4v) is 0.353. The van der Waals surface area contributed by atoms with Crippen molar-refractivity contribution in [3.63, 3.8) is 0 Å². The predicted molar refractivity (Wildman–Crippen MR) is 43.7 cm³/mol. The molecule has 0 saturated carbocycles. The molecule has 0 heterocycles. The molecule has 58 valence electrons. The van der Waals surface area contributed by atoms with Crippen LogP contribution in [0.5, 0.6) is 0 Å². The molecule has 0 aromatic carbocycles. The van der Waals surface area contributed by atoms with Gasteiger partial charge in [-0.1, -0.05) is 11.4 Å². The minimum Gasteiger partial charge on any atom is -0.478 e. The van der Waals surface area contributed by atoms with Gasteiger partial charge >= 0.3 is 12.0 Å². The lowest BCUT2D eigenvalue weighted by Crippen LogP contribution is -1.94. The van der Waals surface area contributed by atoms with E-state index in [1.165, 1.54) is 12.2 Å². The quantitative estimate of drug-likeness (QED) is 0.370. The van der Waals surface area contributed by atoms with E-state index in [-0.39, 0.29) is 5.57 Å². The van der Waals surface area contributed by atoms with E-state index in [2.05, 4.69) is 17.5 Å². The fourth-order valence-electron chi connectivity index (χ4n) is 0.353. The maximum absolute atomic E-state index is 10.2. The summed E-state index contributed by atoms with van der Waals surface area (Å²) in [7, 11) is 0. The molecule has 0 radical (unpaired) electrons. The summed E-state index contributed by atoms with van der Waals surface area (Å²) in [5, 5.41) is 8.33. The van der Waals surface area contributed by atoms with Crippen molar-refractivity contribution in [2.24, 2.45) is 0 Å². The molecular formula is C8H10NO2+. The second-order valence-corrected chi connectivity index (χ2v) is 1.77. The van der Waals surface area contributed by atoms with Crippen molar-refractivity contribution in [3.05, 3.63) is 29.1 Å². The molecule has 0 aromatic rings. The Bertz CT molecular complexity index is 243. The van der Waals surface area contributed by atoms with Crippen molar-refractivity contribution >= 4 is 5.97 Å². The normalized spacial score (nSPS) is 8.82. The molecule has 11 heavy (non-hydrogen) atoms. The van der Waals surface area contributed by atoms with Crippen LogP contribution in [-0.4, -0.2) is 17.6 Å². The number of hydrogen-bond donors (Lipinski definition) is 1. The Morgan fingerprint density at radius 1 is 1.82 bits per heavy atom. The van der Waals surface area contributed by atoms with E-state index in [9.17, 15) is 4.79 Å². The molecule has 0 amide bonds. The van der Waals surface area contributed by atoms with E-state index in [0.29, 0.717) is 6.54 Å². The summed E-state index contributed by atoms with van der Waals surface area (Å²) in [6.45, 7) is 5.79. The highest BCUT2D eigenvalue weighted by atomic mass is 16.4. The number of hydrogen-bond acceptors (Lipinski definition) is 1. The van der Waals surface area contributed by atoms with Crippen LogP contribution < -0.4 is 0 Å². The number of carbonyl (C=O) groups is 1. The summed E-state index contributed by atoms with van der Waals surface area (Å²) in [6, 6.07) is 2.54. The molecule has 3 nitrogen and oxygen atoms in total. The minimum atomic E-state index is -1.03. The summed E-state index contributed by atoms with van der Waals surface area (Å²) in [5.41, 5.74) is 0.0313. The van der Waals surface area contributed by atoms with Crippen LogP contribution in [0.1, 0.15) is 6.92 Å². The number of carboxylic acid groups (broad SMARTS) is 1. The maximum atomic E-state index is 10.2. The molecule has 0 spiro atoms. The zero-order chi connectivity index (χ0) is 8.69. The number of carboxylic acids is 1. The third-order valence-corrected chi connectivity index (χ3v) is 0.883. The molecule has 0 aromatic heterocycles. The number of nitrogens with zero attached hydrogens (tertiary/aromatic N) is 1. The van der Waals surface area contributed by atoms with Crippen molar-refractivity contribution in [2.45, 2.75) is 6.92 Å². The molecule has 0 rings (SSSR count). The third-order valence-electron chi connectivity index (χ3n) is 0.883. The van der Waals surface area contributed by atoms with Gasteiger partial charge in [0.25, 0.3) is 6.54 Å². The Morgan fingerprint density at radius 3 is 2.91 bits per heavy atom. The van der Waals surface area contributed by atoms with Crippen molar-refractivity contribution < 1.29 is 9.90 Å². The highest BCUT2D eigenvalue weighted by Gasteiger charge is 1.96. The van der Waals surface area contributed by atoms with Gasteiger partial charge < -0.3 is 5.11 Å². The topological polar surface area (TPSA) is 41.7 Å². The van der Waals surface area contributed by atoms with E-state index < -0.39 is 5.97 Å². The van der Waals surface area contributed by atoms with Gasteiger partial charge in [0.15, 0.2) is 0 Å². The first-order chi connectivity index (χ1) is 5.18. The van der Waals surface area contributed by atoms with E-state index in [4.69, 9.17) is 5.11 Å². The van der Waals surface area contributed by atoms with Gasteiger partial charge in [-0.25, -0.2) is 4.79 Å². The summed E-state index contributed by atoms with van der Waals surface area (Å²) < 4.78 is 0. The number of rotatable bonds is 2. The van der Waals surface area contributed by atoms with Crippen LogP contribution in [0.2, 0.25) is 0 Å². The lowest BCUT2D eigenvalue weighted by Gasteiger charge is -1.83. The molecular weight excluding hydrogens is 142 g/mol. The highest BCUT2D eigenvalue weighted by Crippen LogP contribution is 1.90. The first-order valence-corrected chi connectivity index (χ1v) is 3.19. The van der Waals surface area contributed by atoms with Crippen LogP contribution in [0.25, 0.3) is 4.85 Å². The standard InChI is InChI=1S/C8H9NO2/c1-3-9-6-4-5-7(2)8(10)11/h4-5H,2-3H2,1H3/p+1. The number of allylic oxidation sites excluding steroid dienone is 1.